The van der Waals surface area contributed by atoms with Gasteiger partial charge in [0, 0.05) is 18.8 Å². The second-order valence-electron chi connectivity index (χ2n) is 5.85. The van der Waals surface area contributed by atoms with Crippen LogP contribution in [0, 0.1) is 6.92 Å². The normalized spacial score (nSPS) is 19.4. The first kappa shape index (κ1) is 15.7. The van der Waals surface area contributed by atoms with Gasteiger partial charge in [-0.15, -0.1) is 0 Å². The highest BCUT2D eigenvalue weighted by molar-refractivity contribution is 7.91. The quantitative estimate of drug-likeness (QED) is 0.871. The number of hydrogen-bond donors (Lipinski definition) is 2. The van der Waals surface area contributed by atoms with Crippen LogP contribution in [-0.2, 0) is 16.4 Å². The van der Waals surface area contributed by atoms with Crippen molar-refractivity contribution in [2.45, 2.75) is 25.9 Å². The summed E-state index contributed by atoms with van der Waals surface area (Å²) in [4.78, 5) is 8.55. The van der Waals surface area contributed by atoms with Gasteiger partial charge in [-0.1, -0.05) is 29.8 Å². The highest BCUT2D eigenvalue weighted by Gasteiger charge is 2.28. The number of anilines is 2. The lowest BCUT2D eigenvalue weighted by Crippen LogP contribution is -2.22. The van der Waals surface area contributed by atoms with Crippen molar-refractivity contribution in [3.05, 3.63) is 47.7 Å². The van der Waals surface area contributed by atoms with Gasteiger partial charge in [0.15, 0.2) is 9.84 Å². The molecule has 3 rings (SSSR count). The molecular weight excluding hydrogens is 312 g/mol. The Bertz CT molecular complexity index is 775. The number of sulfone groups is 1. The molecule has 2 aromatic rings. The molecule has 1 aromatic heterocycles. The van der Waals surface area contributed by atoms with Crippen LogP contribution in [0.1, 0.15) is 17.5 Å². The zero-order valence-corrected chi connectivity index (χ0v) is 13.8. The lowest BCUT2D eigenvalue weighted by atomic mass is 10.1. The number of nitrogens with zero attached hydrogens (tertiary/aromatic N) is 2. The van der Waals surface area contributed by atoms with Crippen LogP contribution >= 0.6 is 0 Å². The van der Waals surface area contributed by atoms with Crippen LogP contribution in [0.5, 0.6) is 0 Å². The fourth-order valence-corrected chi connectivity index (χ4v) is 4.19. The monoisotopic (exact) mass is 332 g/mol. The fourth-order valence-electron chi connectivity index (χ4n) is 2.52. The van der Waals surface area contributed by atoms with Crippen molar-refractivity contribution in [3.8, 4) is 0 Å². The maximum Gasteiger partial charge on any atom is 0.224 e. The molecule has 0 bridgehead atoms. The summed E-state index contributed by atoms with van der Waals surface area (Å²) in [6.45, 7) is 2.73. The number of rotatable bonds is 5. The molecule has 2 heterocycles. The Labute approximate surface area is 136 Å². The highest BCUT2D eigenvalue weighted by atomic mass is 32.2. The molecule has 1 atom stereocenters. The average molecular weight is 332 g/mol. The summed E-state index contributed by atoms with van der Waals surface area (Å²) in [5.41, 5.74) is 2.40. The first-order chi connectivity index (χ1) is 11.0. The standard InChI is InChI=1S/C16H20N4O2S/c1-12-2-4-13(5-3-12)10-18-15-6-8-17-16(20-15)19-14-7-9-23(21,22)11-14/h2-6,8,14H,7,9-11H2,1H3,(H2,17,18,19,20). The van der Waals surface area contributed by atoms with Crippen LogP contribution < -0.4 is 10.6 Å². The molecule has 1 aromatic carbocycles. The fraction of sp³-hybridized carbons (Fsp3) is 0.375. The molecule has 1 saturated heterocycles. The van der Waals surface area contributed by atoms with E-state index in [-0.39, 0.29) is 17.5 Å². The molecule has 1 unspecified atom stereocenters. The molecule has 0 spiro atoms. The molecule has 0 saturated carbocycles. The zero-order chi connectivity index (χ0) is 16.3. The van der Waals surface area contributed by atoms with E-state index in [0.717, 1.165) is 0 Å². The Balaban J connectivity index is 1.60. The van der Waals surface area contributed by atoms with Gasteiger partial charge in [-0.3, -0.25) is 0 Å². The molecule has 2 N–H and O–H groups in total. The highest BCUT2D eigenvalue weighted by Crippen LogP contribution is 2.16. The van der Waals surface area contributed by atoms with Crippen molar-refractivity contribution in [2.75, 3.05) is 22.1 Å². The minimum atomic E-state index is -2.91. The van der Waals surface area contributed by atoms with Crippen molar-refractivity contribution in [1.29, 1.82) is 0 Å². The molecule has 122 valence electrons. The van der Waals surface area contributed by atoms with Crippen LogP contribution in [0.2, 0.25) is 0 Å². The van der Waals surface area contributed by atoms with Gasteiger partial charge in [0.25, 0.3) is 0 Å². The molecule has 6 nitrogen and oxygen atoms in total. The van der Waals surface area contributed by atoms with Gasteiger partial charge in [0.1, 0.15) is 5.82 Å². The van der Waals surface area contributed by atoms with Crippen molar-refractivity contribution in [3.63, 3.8) is 0 Å². The molecule has 7 heteroatoms. The van der Waals surface area contributed by atoms with Crippen molar-refractivity contribution >= 4 is 21.6 Å². The van der Waals surface area contributed by atoms with Crippen molar-refractivity contribution in [2.24, 2.45) is 0 Å². The summed E-state index contributed by atoms with van der Waals surface area (Å²) in [5.74, 6) is 1.55. The zero-order valence-electron chi connectivity index (χ0n) is 13.0. The van der Waals surface area contributed by atoms with Gasteiger partial charge in [-0.2, -0.15) is 4.98 Å². The lowest BCUT2D eigenvalue weighted by molar-refractivity contribution is 0.602. The van der Waals surface area contributed by atoms with Gasteiger partial charge in [0.05, 0.1) is 11.5 Å². The lowest BCUT2D eigenvalue weighted by Gasteiger charge is -2.12. The summed E-state index contributed by atoms with van der Waals surface area (Å²) in [5, 5.41) is 6.35. The first-order valence-corrected chi connectivity index (χ1v) is 9.42. The molecular formula is C16H20N4O2S. The third kappa shape index (κ3) is 4.41. The Morgan fingerprint density at radius 3 is 2.70 bits per heavy atom. The largest absolute Gasteiger partial charge is 0.366 e. The minimum Gasteiger partial charge on any atom is -0.366 e. The van der Waals surface area contributed by atoms with Crippen LogP contribution in [0.3, 0.4) is 0 Å². The Kier molecular flexibility index (Phi) is 4.47. The number of aromatic nitrogens is 2. The van der Waals surface area contributed by atoms with Gasteiger partial charge in [0.2, 0.25) is 5.95 Å². The molecule has 0 aliphatic carbocycles. The summed E-state index contributed by atoms with van der Waals surface area (Å²) in [6.07, 6.45) is 2.27. The Hall–Kier alpha value is -2.15. The Morgan fingerprint density at radius 2 is 2.00 bits per heavy atom. The van der Waals surface area contributed by atoms with E-state index < -0.39 is 9.84 Å². The predicted molar refractivity (Wildman–Crippen MR) is 91.2 cm³/mol. The van der Waals surface area contributed by atoms with E-state index in [1.807, 2.05) is 0 Å². The number of benzene rings is 1. The summed E-state index contributed by atoms with van der Waals surface area (Å²) < 4.78 is 23.0. The number of nitrogens with one attached hydrogen (secondary N) is 2. The first-order valence-electron chi connectivity index (χ1n) is 7.60. The molecule has 1 fully saturated rings. The number of hydrogen-bond acceptors (Lipinski definition) is 6. The second kappa shape index (κ2) is 6.54. The topological polar surface area (TPSA) is 84.0 Å². The maximum absolute atomic E-state index is 11.5. The van der Waals surface area contributed by atoms with E-state index in [1.165, 1.54) is 11.1 Å². The van der Waals surface area contributed by atoms with Gasteiger partial charge in [-0.25, -0.2) is 13.4 Å². The van der Waals surface area contributed by atoms with Crippen molar-refractivity contribution in [1.82, 2.24) is 9.97 Å². The predicted octanol–water partition coefficient (Wildman–Crippen LogP) is 2.00. The SMILES string of the molecule is Cc1ccc(CNc2ccnc(NC3CCS(=O)(=O)C3)n2)cc1. The molecule has 23 heavy (non-hydrogen) atoms. The van der Waals surface area contributed by atoms with E-state index in [0.29, 0.717) is 24.7 Å². The van der Waals surface area contributed by atoms with Crippen LogP contribution in [0.4, 0.5) is 11.8 Å². The summed E-state index contributed by atoms with van der Waals surface area (Å²) in [7, 11) is -2.91. The van der Waals surface area contributed by atoms with E-state index in [2.05, 4.69) is 51.8 Å². The molecule has 0 radical (unpaired) electrons. The summed E-state index contributed by atoms with van der Waals surface area (Å²) in [6, 6.07) is 9.99. The molecule has 1 aliphatic rings. The van der Waals surface area contributed by atoms with Crippen LogP contribution in [0.15, 0.2) is 36.5 Å². The second-order valence-corrected chi connectivity index (χ2v) is 8.08. The number of aryl methyl sites for hydroxylation is 1. The van der Waals surface area contributed by atoms with E-state index in [9.17, 15) is 8.42 Å². The molecule has 0 amide bonds. The van der Waals surface area contributed by atoms with E-state index >= 15 is 0 Å². The van der Waals surface area contributed by atoms with E-state index in [1.54, 1.807) is 12.3 Å². The average Bonchev–Trinajstić information content (AvgIpc) is 2.86. The van der Waals surface area contributed by atoms with Gasteiger partial charge in [-0.05, 0) is 25.0 Å². The summed E-state index contributed by atoms with van der Waals surface area (Å²) >= 11 is 0. The van der Waals surface area contributed by atoms with E-state index in [4.69, 9.17) is 0 Å². The third-order valence-electron chi connectivity index (χ3n) is 3.82. The van der Waals surface area contributed by atoms with Gasteiger partial charge < -0.3 is 10.6 Å². The Morgan fingerprint density at radius 1 is 1.22 bits per heavy atom. The molecule has 1 aliphatic heterocycles. The van der Waals surface area contributed by atoms with Gasteiger partial charge >= 0.3 is 0 Å². The maximum atomic E-state index is 11.5. The smallest absolute Gasteiger partial charge is 0.224 e. The van der Waals surface area contributed by atoms with Crippen LogP contribution in [0.25, 0.3) is 0 Å². The third-order valence-corrected chi connectivity index (χ3v) is 5.58. The van der Waals surface area contributed by atoms with Crippen molar-refractivity contribution < 1.29 is 8.42 Å². The van der Waals surface area contributed by atoms with Crippen LogP contribution in [-0.4, -0.2) is 35.9 Å². The minimum absolute atomic E-state index is 0.104.